The summed E-state index contributed by atoms with van der Waals surface area (Å²) in [7, 11) is -3.82. The van der Waals surface area contributed by atoms with Crippen molar-refractivity contribution >= 4 is 27.3 Å². The fraction of sp³-hybridized carbons (Fsp3) is 0.143. The zero-order valence-electron chi connectivity index (χ0n) is 10.9. The molecule has 0 heterocycles. The number of rotatable bonds is 5. The number of hydrogen-bond acceptors (Lipinski definition) is 3. The first-order valence-corrected chi connectivity index (χ1v) is 7.95. The Kier molecular flexibility index (Phi) is 4.82. The number of halogens is 2. The molecule has 0 aliphatic rings. The van der Waals surface area contributed by atoms with Gasteiger partial charge < -0.3 is 5.11 Å². The van der Waals surface area contributed by atoms with E-state index in [4.69, 9.17) is 16.7 Å². The molecule has 2 aromatic rings. The first kappa shape index (κ1) is 15.8. The fourth-order valence-electron chi connectivity index (χ4n) is 1.79. The van der Waals surface area contributed by atoms with Gasteiger partial charge in [0.25, 0.3) is 10.0 Å². The van der Waals surface area contributed by atoms with Gasteiger partial charge in [-0.3, -0.25) is 4.72 Å². The molecule has 112 valence electrons. The largest absolute Gasteiger partial charge is 0.396 e. The van der Waals surface area contributed by atoms with Crippen LogP contribution in [0.3, 0.4) is 0 Å². The number of benzene rings is 2. The molecule has 0 atom stereocenters. The molecule has 0 unspecified atom stereocenters. The van der Waals surface area contributed by atoms with Gasteiger partial charge in [-0.2, -0.15) is 0 Å². The number of sulfonamides is 1. The molecule has 0 bridgehead atoms. The minimum absolute atomic E-state index is 0.00780. The molecule has 21 heavy (non-hydrogen) atoms. The van der Waals surface area contributed by atoms with Gasteiger partial charge in [0.05, 0.1) is 10.6 Å². The fourth-order valence-corrected chi connectivity index (χ4v) is 3.05. The quantitative estimate of drug-likeness (QED) is 0.886. The van der Waals surface area contributed by atoms with Gasteiger partial charge in [0.15, 0.2) is 0 Å². The van der Waals surface area contributed by atoms with Crippen molar-refractivity contribution in [2.45, 2.75) is 11.3 Å². The molecule has 0 aliphatic heterocycles. The van der Waals surface area contributed by atoms with Crippen molar-refractivity contribution in [3.8, 4) is 0 Å². The molecule has 0 radical (unpaired) electrons. The maximum atomic E-state index is 13.2. The third-order valence-electron chi connectivity index (χ3n) is 2.75. The van der Waals surface area contributed by atoms with Crippen molar-refractivity contribution < 1.29 is 17.9 Å². The number of aliphatic hydroxyl groups excluding tert-OH is 1. The Labute approximate surface area is 127 Å². The van der Waals surface area contributed by atoms with Gasteiger partial charge in [-0.25, -0.2) is 12.8 Å². The summed E-state index contributed by atoms with van der Waals surface area (Å²) in [6, 6.07) is 9.53. The first-order chi connectivity index (χ1) is 9.90. The van der Waals surface area contributed by atoms with Gasteiger partial charge in [0, 0.05) is 11.6 Å². The maximum absolute atomic E-state index is 13.2. The highest BCUT2D eigenvalue weighted by Gasteiger charge is 2.14. The van der Waals surface area contributed by atoms with Crippen LogP contribution in [0, 0.1) is 5.82 Å². The second-order valence-corrected chi connectivity index (χ2v) is 6.50. The summed E-state index contributed by atoms with van der Waals surface area (Å²) in [5, 5.41) is 8.92. The van der Waals surface area contributed by atoms with Crippen LogP contribution in [0.2, 0.25) is 5.02 Å². The molecular formula is C14H13ClFNO3S. The van der Waals surface area contributed by atoms with E-state index in [1.165, 1.54) is 18.2 Å². The van der Waals surface area contributed by atoms with Gasteiger partial charge in [-0.1, -0.05) is 23.7 Å². The predicted molar refractivity (Wildman–Crippen MR) is 79.5 cm³/mol. The standard InChI is InChI=1S/C14H13ClFNO3S/c15-11-7-12(16)9-13(8-11)17-21(19,20)14-3-1-10(2-4-14)5-6-18/h1-4,7-9,17-18H,5-6H2. The Balaban J connectivity index is 2.25. The summed E-state index contributed by atoms with van der Waals surface area (Å²) >= 11 is 5.68. The number of nitrogens with one attached hydrogen (secondary N) is 1. The van der Waals surface area contributed by atoms with Crippen LogP contribution in [0.15, 0.2) is 47.4 Å². The molecule has 0 spiro atoms. The highest BCUT2D eigenvalue weighted by molar-refractivity contribution is 7.92. The van der Waals surface area contributed by atoms with Crippen LogP contribution >= 0.6 is 11.6 Å². The highest BCUT2D eigenvalue weighted by atomic mass is 35.5. The molecule has 2 N–H and O–H groups in total. The van der Waals surface area contributed by atoms with Crippen molar-refractivity contribution in [3.63, 3.8) is 0 Å². The molecule has 0 aromatic heterocycles. The molecule has 7 heteroatoms. The van der Waals surface area contributed by atoms with E-state index in [1.807, 2.05) is 0 Å². The number of anilines is 1. The maximum Gasteiger partial charge on any atom is 0.261 e. The molecule has 2 aromatic carbocycles. The van der Waals surface area contributed by atoms with E-state index in [0.717, 1.165) is 17.7 Å². The molecule has 0 saturated carbocycles. The third-order valence-corrected chi connectivity index (χ3v) is 4.36. The lowest BCUT2D eigenvalue weighted by Crippen LogP contribution is -2.13. The third kappa shape index (κ3) is 4.17. The van der Waals surface area contributed by atoms with E-state index in [1.54, 1.807) is 12.1 Å². The van der Waals surface area contributed by atoms with E-state index < -0.39 is 15.8 Å². The zero-order valence-corrected chi connectivity index (χ0v) is 12.5. The van der Waals surface area contributed by atoms with Crippen molar-refractivity contribution in [2.24, 2.45) is 0 Å². The summed E-state index contributed by atoms with van der Waals surface area (Å²) in [5.74, 6) is -0.626. The SMILES string of the molecule is O=S(=O)(Nc1cc(F)cc(Cl)c1)c1ccc(CCO)cc1. The molecular weight excluding hydrogens is 317 g/mol. The Hall–Kier alpha value is -1.63. The average Bonchev–Trinajstić information content (AvgIpc) is 2.38. The van der Waals surface area contributed by atoms with Crippen LogP contribution in [0.1, 0.15) is 5.56 Å². The van der Waals surface area contributed by atoms with Crippen LogP contribution in [-0.2, 0) is 16.4 Å². The lowest BCUT2D eigenvalue weighted by Gasteiger charge is -2.09. The van der Waals surface area contributed by atoms with Crippen LogP contribution in [0.5, 0.6) is 0 Å². The molecule has 4 nitrogen and oxygen atoms in total. The van der Waals surface area contributed by atoms with Gasteiger partial charge in [-0.15, -0.1) is 0 Å². The lowest BCUT2D eigenvalue weighted by atomic mass is 10.2. The monoisotopic (exact) mass is 329 g/mol. The minimum Gasteiger partial charge on any atom is -0.396 e. The predicted octanol–water partition coefficient (Wildman–Crippen LogP) is 2.81. The van der Waals surface area contributed by atoms with Crippen LogP contribution in [0.25, 0.3) is 0 Å². The van der Waals surface area contributed by atoms with E-state index in [-0.39, 0.29) is 22.2 Å². The summed E-state index contributed by atoms with van der Waals surface area (Å²) < 4.78 is 39.8. The average molecular weight is 330 g/mol. The highest BCUT2D eigenvalue weighted by Crippen LogP contribution is 2.21. The zero-order chi connectivity index (χ0) is 15.5. The summed E-state index contributed by atoms with van der Waals surface area (Å²) in [4.78, 5) is 0.0459. The van der Waals surface area contributed by atoms with E-state index in [0.29, 0.717) is 6.42 Å². The van der Waals surface area contributed by atoms with Crippen LogP contribution in [-0.4, -0.2) is 20.1 Å². The Morgan fingerprint density at radius 3 is 2.38 bits per heavy atom. The van der Waals surface area contributed by atoms with E-state index in [2.05, 4.69) is 4.72 Å². The molecule has 0 saturated heterocycles. The second-order valence-electron chi connectivity index (χ2n) is 4.38. The molecule has 2 rings (SSSR count). The Morgan fingerprint density at radius 2 is 1.81 bits per heavy atom. The summed E-state index contributed by atoms with van der Waals surface area (Å²) in [6.07, 6.45) is 0.452. The lowest BCUT2D eigenvalue weighted by molar-refractivity contribution is 0.299. The Bertz CT molecular complexity index is 712. The van der Waals surface area contributed by atoms with Gasteiger partial charge in [0.2, 0.25) is 0 Å². The number of hydrogen-bond donors (Lipinski definition) is 2. The van der Waals surface area contributed by atoms with E-state index >= 15 is 0 Å². The van der Waals surface area contributed by atoms with Gasteiger partial charge >= 0.3 is 0 Å². The smallest absolute Gasteiger partial charge is 0.261 e. The van der Waals surface area contributed by atoms with Crippen LogP contribution in [0.4, 0.5) is 10.1 Å². The summed E-state index contributed by atoms with van der Waals surface area (Å²) in [6.45, 7) is -0.00780. The Morgan fingerprint density at radius 1 is 1.14 bits per heavy atom. The van der Waals surface area contributed by atoms with E-state index in [9.17, 15) is 12.8 Å². The van der Waals surface area contributed by atoms with Crippen molar-refractivity contribution in [1.82, 2.24) is 0 Å². The van der Waals surface area contributed by atoms with Crippen molar-refractivity contribution in [1.29, 1.82) is 0 Å². The van der Waals surface area contributed by atoms with Crippen molar-refractivity contribution in [3.05, 3.63) is 58.9 Å². The molecule has 0 fully saturated rings. The molecule has 0 amide bonds. The molecule has 0 aliphatic carbocycles. The van der Waals surface area contributed by atoms with Gasteiger partial charge in [0.1, 0.15) is 5.82 Å². The second kappa shape index (κ2) is 6.43. The van der Waals surface area contributed by atoms with Gasteiger partial charge in [-0.05, 0) is 42.3 Å². The minimum atomic E-state index is -3.82. The topological polar surface area (TPSA) is 66.4 Å². The first-order valence-electron chi connectivity index (χ1n) is 6.09. The number of aliphatic hydroxyl groups is 1. The van der Waals surface area contributed by atoms with Crippen LogP contribution < -0.4 is 4.72 Å². The summed E-state index contributed by atoms with van der Waals surface area (Å²) in [5.41, 5.74) is 0.879. The van der Waals surface area contributed by atoms with Crippen molar-refractivity contribution in [2.75, 3.05) is 11.3 Å². The normalized spacial score (nSPS) is 11.4.